The van der Waals surface area contributed by atoms with Gasteiger partial charge in [-0.05, 0) is 18.1 Å². The van der Waals surface area contributed by atoms with Crippen LogP contribution in [0.2, 0.25) is 0 Å². The summed E-state index contributed by atoms with van der Waals surface area (Å²) in [5.74, 6) is 0.477. The van der Waals surface area contributed by atoms with Crippen molar-refractivity contribution in [3.05, 3.63) is 65.7 Å². The smallest absolute Gasteiger partial charge is 0.326 e. The number of ether oxygens (including phenoxy) is 1. The molecule has 0 spiro atoms. The van der Waals surface area contributed by atoms with Gasteiger partial charge in [0.15, 0.2) is 0 Å². The van der Waals surface area contributed by atoms with E-state index in [4.69, 9.17) is 4.74 Å². The fourth-order valence-corrected chi connectivity index (χ4v) is 3.52. The molecule has 1 aliphatic heterocycles. The summed E-state index contributed by atoms with van der Waals surface area (Å²) < 4.78 is 5.38. The van der Waals surface area contributed by atoms with Crippen molar-refractivity contribution < 1.29 is 9.53 Å². The molecule has 1 unspecified atom stereocenters. The Labute approximate surface area is 133 Å². The largest absolute Gasteiger partial charge is 0.425 e. The number of para-hydroxylation sites is 1. The van der Waals surface area contributed by atoms with Crippen LogP contribution in [0.4, 0.5) is 0 Å². The highest BCUT2D eigenvalue weighted by Gasteiger charge is 2.52. The van der Waals surface area contributed by atoms with Crippen LogP contribution in [-0.2, 0) is 10.2 Å². The number of esters is 1. The number of halogens is 1. The SMILES string of the molecule is CC(C)(Br)CC1(c2ccccc2)C(=O)Oc2ccccc21. The van der Waals surface area contributed by atoms with Gasteiger partial charge >= 0.3 is 5.97 Å². The van der Waals surface area contributed by atoms with Gasteiger partial charge < -0.3 is 4.74 Å². The van der Waals surface area contributed by atoms with E-state index in [0.717, 1.165) is 11.1 Å². The van der Waals surface area contributed by atoms with Crippen molar-refractivity contribution in [2.24, 2.45) is 0 Å². The zero-order valence-electron chi connectivity index (χ0n) is 12.1. The van der Waals surface area contributed by atoms with Crippen LogP contribution < -0.4 is 4.74 Å². The quantitative estimate of drug-likeness (QED) is 0.467. The average molecular weight is 345 g/mol. The highest BCUT2D eigenvalue weighted by molar-refractivity contribution is 9.10. The third-order valence-corrected chi connectivity index (χ3v) is 4.13. The van der Waals surface area contributed by atoms with E-state index in [-0.39, 0.29) is 10.3 Å². The molecule has 0 aromatic heterocycles. The maximum Gasteiger partial charge on any atom is 0.326 e. The zero-order chi connectivity index (χ0) is 15.1. The van der Waals surface area contributed by atoms with Crippen molar-refractivity contribution >= 4 is 21.9 Å². The first-order chi connectivity index (χ1) is 9.93. The standard InChI is InChI=1S/C18H17BrO2/c1-17(2,19)12-18(13-8-4-3-5-9-13)14-10-6-7-11-15(14)21-16(18)20/h3-11H,12H2,1-2H3. The molecule has 0 fully saturated rings. The van der Waals surface area contributed by atoms with Gasteiger partial charge in [0.1, 0.15) is 11.2 Å². The van der Waals surface area contributed by atoms with Crippen LogP contribution in [0.3, 0.4) is 0 Å². The molecule has 0 amide bonds. The fraction of sp³-hybridized carbons (Fsp3) is 0.278. The van der Waals surface area contributed by atoms with Crippen molar-refractivity contribution in [2.45, 2.75) is 30.0 Å². The van der Waals surface area contributed by atoms with E-state index in [1.54, 1.807) is 0 Å². The molecule has 1 atom stereocenters. The van der Waals surface area contributed by atoms with E-state index in [9.17, 15) is 4.79 Å². The molecule has 0 N–H and O–H groups in total. The van der Waals surface area contributed by atoms with Crippen LogP contribution in [0.1, 0.15) is 31.4 Å². The molecule has 0 saturated heterocycles. The van der Waals surface area contributed by atoms with Gasteiger partial charge in [0, 0.05) is 9.89 Å². The van der Waals surface area contributed by atoms with Crippen molar-refractivity contribution in [1.29, 1.82) is 0 Å². The molecule has 0 aliphatic carbocycles. The van der Waals surface area contributed by atoms with E-state index in [0.29, 0.717) is 12.2 Å². The lowest BCUT2D eigenvalue weighted by Gasteiger charge is -2.32. The average Bonchev–Trinajstić information content (AvgIpc) is 2.72. The molecule has 0 radical (unpaired) electrons. The highest BCUT2D eigenvalue weighted by Crippen LogP contribution is 2.50. The van der Waals surface area contributed by atoms with Crippen molar-refractivity contribution in [1.82, 2.24) is 0 Å². The fourth-order valence-electron chi connectivity index (χ4n) is 3.10. The minimum absolute atomic E-state index is 0.181. The van der Waals surface area contributed by atoms with Gasteiger partial charge in [0.05, 0.1) is 0 Å². The van der Waals surface area contributed by atoms with Gasteiger partial charge in [0.25, 0.3) is 0 Å². The summed E-state index contributed by atoms with van der Waals surface area (Å²) >= 11 is 3.69. The molecule has 3 heteroatoms. The Morgan fingerprint density at radius 2 is 1.67 bits per heavy atom. The zero-order valence-corrected chi connectivity index (χ0v) is 13.7. The monoisotopic (exact) mass is 344 g/mol. The Kier molecular flexibility index (Phi) is 3.40. The van der Waals surface area contributed by atoms with E-state index < -0.39 is 5.41 Å². The Hall–Kier alpha value is -1.61. The van der Waals surface area contributed by atoms with Crippen molar-refractivity contribution in [2.75, 3.05) is 0 Å². The predicted molar refractivity (Wildman–Crippen MR) is 86.9 cm³/mol. The second kappa shape index (κ2) is 4.99. The Morgan fingerprint density at radius 1 is 1.05 bits per heavy atom. The number of hydrogen-bond donors (Lipinski definition) is 0. The van der Waals surface area contributed by atoms with Gasteiger partial charge in [0.2, 0.25) is 0 Å². The molecule has 0 saturated carbocycles. The number of rotatable bonds is 3. The molecular formula is C18H17BrO2. The predicted octanol–water partition coefficient (Wildman–Crippen LogP) is 4.46. The van der Waals surface area contributed by atoms with E-state index in [1.165, 1.54) is 0 Å². The first-order valence-corrected chi connectivity index (χ1v) is 7.79. The Morgan fingerprint density at radius 3 is 2.33 bits per heavy atom. The first kappa shape index (κ1) is 14.3. The van der Waals surface area contributed by atoms with Gasteiger partial charge in [-0.2, -0.15) is 0 Å². The third-order valence-electron chi connectivity index (χ3n) is 3.85. The number of carbonyl (C=O) groups is 1. The summed E-state index contributed by atoms with van der Waals surface area (Å²) in [5.41, 5.74) is 1.19. The maximum absolute atomic E-state index is 12.8. The van der Waals surface area contributed by atoms with E-state index in [2.05, 4.69) is 29.8 Å². The summed E-state index contributed by atoms with van der Waals surface area (Å²) in [4.78, 5) is 12.8. The number of hydrogen-bond acceptors (Lipinski definition) is 2. The van der Waals surface area contributed by atoms with Crippen LogP contribution in [0.15, 0.2) is 54.6 Å². The first-order valence-electron chi connectivity index (χ1n) is 7.00. The summed E-state index contributed by atoms with van der Waals surface area (Å²) in [6, 6.07) is 17.6. The Bertz CT molecular complexity index is 673. The molecule has 2 aromatic rings. The highest BCUT2D eigenvalue weighted by atomic mass is 79.9. The number of fused-ring (bicyclic) bond motifs is 1. The minimum Gasteiger partial charge on any atom is -0.425 e. The summed E-state index contributed by atoms with van der Waals surface area (Å²) in [6.07, 6.45) is 0.639. The second-order valence-electron chi connectivity index (χ2n) is 6.05. The number of alkyl halides is 1. The van der Waals surface area contributed by atoms with E-state index >= 15 is 0 Å². The molecule has 1 heterocycles. The van der Waals surface area contributed by atoms with Crippen LogP contribution in [0.25, 0.3) is 0 Å². The molecule has 2 aromatic carbocycles. The lowest BCUT2D eigenvalue weighted by molar-refractivity contribution is -0.137. The van der Waals surface area contributed by atoms with Crippen LogP contribution >= 0.6 is 15.9 Å². The number of benzene rings is 2. The van der Waals surface area contributed by atoms with Crippen molar-refractivity contribution in [3.8, 4) is 5.75 Å². The van der Waals surface area contributed by atoms with Gasteiger partial charge in [-0.15, -0.1) is 0 Å². The molecule has 3 rings (SSSR count). The lowest BCUT2D eigenvalue weighted by atomic mass is 9.70. The molecular weight excluding hydrogens is 328 g/mol. The summed E-state index contributed by atoms with van der Waals surface area (Å²) in [6.45, 7) is 4.15. The van der Waals surface area contributed by atoms with Crippen LogP contribution in [0.5, 0.6) is 5.75 Å². The third kappa shape index (κ3) is 2.40. The second-order valence-corrected chi connectivity index (χ2v) is 8.20. The normalized spacial score (nSPS) is 21.0. The van der Waals surface area contributed by atoms with Crippen LogP contribution in [-0.4, -0.2) is 10.3 Å². The molecule has 108 valence electrons. The van der Waals surface area contributed by atoms with Crippen LogP contribution in [0, 0.1) is 0 Å². The molecule has 0 bridgehead atoms. The van der Waals surface area contributed by atoms with Crippen molar-refractivity contribution in [3.63, 3.8) is 0 Å². The number of carbonyl (C=O) groups excluding carboxylic acids is 1. The summed E-state index contributed by atoms with van der Waals surface area (Å²) in [7, 11) is 0. The van der Waals surface area contributed by atoms with Gasteiger partial charge in [-0.3, -0.25) is 4.79 Å². The lowest BCUT2D eigenvalue weighted by Crippen LogP contribution is -2.39. The summed E-state index contributed by atoms with van der Waals surface area (Å²) in [5, 5.41) is 0. The topological polar surface area (TPSA) is 26.3 Å². The molecule has 21 heavy (non-hydrogen) atoms. The molecule has 2 nitrogen and oxygen atoms in total. The Balaban J connectivity index is 2.25. The van der Waals surface area contributed by atoms with Gasteiger partial charge in [-0.25, -0.2) is 0 Å². The van der Waals surface area contributed by atoms with E-state index in [1.807, 2.05) is 54.6 Å². The molecule has 1 aliphatic rings. The minimum atomic E-state index is -0.745. The maximum atomic E-state index is 12.8. The van der Waals surface area contributed by atoms with Gasteiger partial charge in [-0.1, -0.05) is 78.3 Å².